The molecular weight excluding hydrogens is 193 g/mol. The van der Waals surface area contributed by atoms with Crippen molar-refractivity contribution in [1.82, 2.24) is 0 Å². The van der Waals surface area contributed by atoms with Crippen LogP contribution in [0.5, 0.6) is 0 Å². The van der Waals surface area contributed by atoms with Crippen molar-refractivity contribution in [2.75, 3.05) is 4.90 Å². The highest BCUT2D eigenvalue weighted by atomic mass is 19.1. The highest BCUT2D eigenvalue weighted by molar-refractivity contribution is 5.98. The zero-order chi connectivity index (χ0) is 10.4. The van der Waals surface area contributed by atoms with Gasteiger partial charge in [0.1, 0.15) is 5.82 Å². The SMILES string of the molecule is O=C1C2CCC(C2)N1c1ccc(F)cc1. The first-order valence-electron chi connectivity index (χ1n) is 5.34. The summed E-state index contributed by atoms with van der Waals surface area (Å²) < 4.78 is 12.8. The Morgan fingerprint density at radius 2 is 1.93 bits per heavy atom. The highest BCUT2D eigenvalue weighted by Crippen LogP contribution is 2.41. The zero-order valence-corrected chi connectivity index (χ0v) is 8.32. The van der Waals surface area contributed by atoms with Crippen LogP contribution in [0.4, 0.5) is 10.1 Å². The summed E-state index contributed by atoms with van der Waals surface area (Å²) in [5.41, 5.74) is 0.841. The number of carbonyl (C=O) groups is 1. The van der Waals surface area contributed by atoms with Gasteiger partial charge in [-0.2, -0.15) is 0 Å². The van der Waals surface area contributed by atoms with Crippen LogP contribution in [-0.2, 0) is 4.79 Å². The standard InChI is InChI=1S/C12H12FNO/c13-9-2-5-10(6-3-9)14-11-4-1-8(7-11)12(14)15/h2-3,5-6,8,11H,1,4,7H2. The molecule has 15 heavy (non-hydrogen) atoms. The molecule has 2 nitrogen and oxygen atoms in total. The molecule has 0 radical (unpaired) electrons. The van der Waals surface area contributed by atoms with Crippen LogP contribution in [0.15, 0.2) is 24.3 Å². The number of halogens is 1. The third-order valence-corrected chi connectivity index (χ3v) is 3.46. The number of anilines is 1. The number of nitrogens with zero attached hydrogens (tertiary/aromatic N) is 1. The summed E-state index contributed by atoms with van der Waals surface area (Å²) in [5, 5.41) is 0. The molecule has 1 amide bonds. The third-order valence-electron chi connectivity index (χ3n) is 3.46. The molecule has 1 aromatic rings. The van der Waals surface area contributed by atoms with Gasteiger partial charge in [-0.25, -0.2) is 4.39 Å². The maximum Gasteiger partial charge on any atom is 0.230 e. The third kappa shape index (κ3) is 1.26. The van der Waals surface area contributed by atoms with Gasteiger partial charge in [-0.05, 0) is 43.5 Å². The monoisotopic (exact) mass is 205 g/mol. The number of rotatable bonds is 1. The molecule has 1 aliphatic carbocycles. The molecule has 2 aliphatic rings. The second-order valence-electron chi connectivity index (χ2n) is 4.35. The van der Waals surface area contributed by atoms with Crippen LogP contribution in [0, 0.1) is 11.7 Å². The van der Waals surface area contributed by atoms with E-state index in [1.54, 1.807) is 12.1 Å². The second kappa shape index (κ2) is 3.05. The fourth-order valence-corrected chi connectivity index (χ4v) is 2.73. The van der Waals surface area contributed by atoms with Gasteiger partial charge in [-0.1, -0.05) is 0 Å². The molecule has 0 N–H and O–H groups in total. The molecule has 1 aliphatic heterocycles. The molecule has 1 heterocycles. The largest absolute Gasteiger partial charge is 0.309 e. The van der Waals surface area contributed by atoms with Crippen molar-refractivity contribution in [3.63, 3.8) is 0 Å². The lowest BCUT2D eigenvalue weighted by Gasteiger charge is -2.27. The van der Waals surface area contributed by atoms with E-state index in [0.717, 1.165) is 24.9 Å². The van der Waals surface area contributed by atoms with Crippen molar-refractivity contribution < 1.29 is 9.18 Å². The molecule has 2 unspecified atom stereocenters. The van der Waals surface area contributed by atoms with E-state index in [2.05, 4.69) is 0 Å². The number of hydrogen-bond acceptors (Lipinski definition) is 1. The van der Waals surface area contributed by atoms with Crippen LogP contribution < -0.4 is 4.90 Å². The number of amides is 1. The van der Waals surface area contributed by atoms with Crippen molar-refractivity contribution >= 4 is 11.6 Å². The van der Waals surface area contributed by atoms with Gasteiger partial charge < -0.3 is 4.90 Å². The Balaban J connectivity index is 1.94. The van der Waals surface area contributed by atoms with E-state index in [0.29, 0.717) is 6.04 Å². The van der Waals surface area contributed by atoms with Gasteiger partial charge in [0.15, 0.2) is 0 Å². The molecule has 0 aromatic heterocycles. The molecule has 0 spiro atoms. The minimum atomic E-state index is -0.254. The molecule has 1 saturated carbocycles. The zero-order valence-electron chi connectivity index (χ0n) is 8.32. The molecule has 78 valence electrons. The van der Waals surface area contributed by atoms with E-state index in [1.165, 1.54) is 12.1 Å². The molecule has 2 bridgehead atoms. The first-order valence-corrected chi connectivity index (χ1v) is 5.34. The van der Waals surface area contributed by atoms with Crippen LogP contribution in [0.1, 0.15) is 19.3 Å². The predicted molar refractivity (Wildman–Crippen MR) is 55.0 cm³/mol. The Hall–Kier alpha value is -1.38. The first kappa shape index (κ1) is 8.89. The van der Waals surface area contributed by atoms with E-state index in [-0.39, 0.29) is 17.6 Å². The lowest BCUT2D eigenvalue weighted by molar-refractivity contribution is -0.121. The Labute approximate surface area is 87.7 Å². The van der Waals surface area contributed by atoms with E-state index >= 15 is 0 Å². The smallest absolute Gasteiger partial charge is 0.230 e. The summed E-state index contributed by atoms with van der Waals surface area (Å²) in [7, 11) is 0. The summed E-state index contributed by atoms with van der Waals surface area (Å²) in [6.45, 7) is 0. The number of piperidine rings is 1. The van der Waals surface area contributed by atoms with Gasteiger partial charge in [-0.15, -0.1) is 0 Å². The fourth-order valence-electron chi connectivity index (χ4n) is 2.73. The summed E-state index contributed by atoms with van der Waals surface area (Å²) >= 11 is 0. The Bertz CT molecular complexity index is 401. The maximum atomic E-state index is 12.8. The van der Waals surface area contributed by atoms with Crippen molar-refractivity contribution in [2.24, 2.45) is 5.92 Å². The number of fused-ring (bicyclic) bond motifs is 2. The summed E-state index contributed by atoms with van der Waals surface area (Å²) in [6.07, 6.45) is 3.10. The van der Waals surface area contributed by atoms with Crippen LogP contribution in [-0.4, -0.2) is 11.9 Å². The predicted octanol–water partition coefficient (Wildman–Crippen LogP) is 2.34. The van der Waals surface area contributed by atoms with Crippen molar-refractivity contribution in [2.45, 2.75) is 25.3 Å². The molecule has 1 aromatic carbocycles. The lowest BCUT2D eigenvalue weighted by atomic mass is 10.1. The Morgan fingerprint density at radius 3 is 2.53 bits per heavy atom. The van der Waals surface area contributed by atoms with Crippen LogP contribution in [0.3, 0.4) is 0 Å². The quantitative estimate of drug-likeness (QED) is 0.689. The normalized spacial score (nSPS) is 28.9. The lowest BCUT2D eigenvalue weighted by Crippen LogP contribution is -2.36. The van der Waals surface area contributed by atoms with E-state index in [1.807, 2.05) is 4.90 Å². The first-order chi connectivity index (χ1) is 7.25. The van der Waals surface area contributed by atoms with Crippen molar-refractivity contribution in [1.29, 1.82) is 0 Å². The Morgan fingerprint density at radius 1 is 1.20 bits per heavy atom. The minimum absolute atomic E-state index is 0.220. The average molecular weight is 205 g/mol. The number of carbonyl (C=O) groups excluding carboxylic acids is 1. The summed E-state index contributed by atoms with van der Waals surface area (Å²) in [4.78, 5) is 13.7. The molecule has 1 saturated heterocycles. The molecule has 3 heteroatoms. The summed E-state index contributed by atoms with van der Waals surface area (Å²) in [6, 6.07) is 6.55. The van der Waals surface area contributed by atoms with E-state index < -0.39 is 0 Å². The van der Waals surface area contributed by atoms with Crippen LogP contribution in [0.2, 0.25) is 0 Å². The van der Waals surface area contributed by atoms with E-state index in [4.69, 9.17) is 0 Å². The summed E-state index contributed by atoms with van der Waals surface area (Å²) in [5.74, 6) is 0.188. The van der Waals surface area contributed by atoms with Gasteiger partial charge in [0.25, 0.3) is 0 Å². The van der Waals surface area contributed by atoms with Gasteiger partial charge >= 0.3 is 0 Å². The van der Waals surface area contributed by atoms with Gasteiger partial charge in [-0.3, -0.25) is 4.79 Å². The topological polar surface area (TPSA) is 20.3 Å². The second-order valence-corrected chi connectivity index (χ2v) is 4.35. The van der Waals surface area contributed by atoms with Crippen LogP contribution >= 0.6 is 0 Å². The fraction of sp³-hybridized carbons (Fsp3) is 0.417. The van der Waals surface area contributed by atoms with Crippen LogP contribution in [0.25, 0.3) is 0 Å². The molecule has 2 fully saturated rings. The maximum absolute atomic E-state index is 12.8. The number of hydrogen-bond donors (Lipinski definition) is 0. The van der Waals surface area contributed by atoms with Gasteiger partial charge in [0, 0.05) is 17.6 Å². The molecule has 2 atom stereocenters. The average Bonchev–Trinajstić information content (AvgIpc) is 2.80. The Kier molecular flexibility index (Phi) is 1.81. The highest BCUT2D eigenvalue weighted by Gasteiger charge is 2.45. The van der Waals surface area contributed by atoms with E-state index in [9.17, 15) is 9.18 Å². The molecule has 3 rings (SSSR count). The number of benzene rings is 1. The van der Waals surface area contributed by atoms with Crippen molar-refractivity contribution in [3.05, 3.63) is 30.1 Å². The molecular formula is C12H12FNO. The van der Waals surface area contributed by atoms with Gasteiger partial charge in [0.2, 0.25) is 5.91 Å². The van der Waals surface area contributed by atoms with Crippen molar-refractivity contribution in [3.8, 4) is 0 Å². The minimum Gasteiger partial charge on any atom is -0.309 e. The van der Waals surface area contributed by atoms with Gasteiger partial charge in [0.05, 0.1) is 0 Å².